The minimum atomic E-state index is -0.930. The zero-order chi connectivity index (χ0) is 22.2. The van der Waals surface area contributed by atoms with Crippen LogP contribution < -0.4 is 10.1 Å². The number of anilines is 1. The van der Waals surface area contributed by atoms with E-state index in [1.165, 1.54) is 13.4 Å². The van der Waals surface area contributed by atoms with Gasteiger partial charge in [-0.3, -0.25) is 0 Å². The number of fused-ring (bicyclic) bond motifs is 2. The number of aromatic amines is 1. The Morgan fingerprint density at radius 3 is 2.81 bits per heavy atom. The molecule has 8 heteroatoms. The molecule has 0 bridgehead atoms. The Morgan fingerprint density at radius 2 is 1.97 bits per heavy atom. The lowest BCUT2D eigenvalue weighted by molar-refractivity contribution is 0.412. The molecule has 2 N–H and O–H groups in total. The standard InChI is InChI=1S/C24H21F2N5O/c1-14-9-17-21(32-2)11-18(25)23(26)24(17)31(14)8-7-28-22-12-20(29-13-30-22)16-4-3-15-5-6-27-19(15)10-16/h3-6,9-13,27H,7-8H2,1-2H3,(H,28,29,30). The maximum Gasteiger partial charge on any atom is 0.183 e. The van der Waals surface area contributed by atoms with Crippen molar-refractivity contribution in [3.05, 3.63) is 72.3 Å². The topological polar surface area (TPSA) is 67.8 Å². The molecule has 0 fully saturated rings. The van der Waals surface area contributed by atoms with Crippen molar-refractivity contribution in [2.24, 2.45) is 0 Å². The van der Waals surface area contributed by atoms with Crippen molar-refractivity contribution in [2.45, 2.75) is 13.5 Å². The van der Waals surface area contributed by atoms with E-state index in [-0.39, 0.29) is 5.52 Å². The molecule has 0 amide bonds. The summed E-state index contributed by atoms with van der Waals surface area (Å²) in [6.45, 7) is 2.75. The van der Waals surface area contributed by atoms with Gasteiger partial charge in [-0.05, 0) is 30.5 Å². The number of hydrogen-bond acceptors (Lipinski definition) is 4. The number of halogens is 2. The van der Waals surface area contributed by atoms with Crippen LogP contribution in [-0.2, 0) is 6.54 Å². The molecular formula is C24H21F2N5O. The largest absolute Gasteiger partial charge is 0.496 e. The van der Waals surface area contributed by atoms with Gasteiger partial charge in [-0.15, -0.1) is 0 Å². The van der Waals surface area contributed by atoms with Gasteiger partial charge in [0.05, 0.1) is 18.3 Å². The molecule has 3 aromatic heterocycles. The molecule has 0 aliphatic rings. The Kier molecular flexibility index (Phi) is 4.97. The van der Waals surface area contributed by atoms with E-state index in [0.29, 0.717) is 30.0 Å². The average molecular weight is 433 g/mol. The molecule has 0 radical (unpaired) electrons. The first-order chi connectivity index (χ1) is 15.5. The minimum absolute atomic E-state index is 0.198. The number of nitrogens with one attached hydrogen (secondary N) is 2. The van der Waals surface area contributed by atoms with Gasteiger partial charge in [0.15, 0.2) is 11.6 Å². The summed E-state index contributed by atoms with van der Waals surface area (Å²) in [6.07, 6.45) is 3.41. The lowest BCUT2D eigenvalue weighted by Crippen LogP contribution is -2.13. The summed E-state index contributed by atoms with van der Waals surface area (Å²) in [5.41, 5.74) is 3.81. The fourth-order valence-electron chi connectivity index (χ4n) is 4.04. The highest BCUT2D eigenvalue weighted by Crippen LogP contribution is 2.32. The monoisotopic (exact) mass is 433 g/mol. The second-order valence-corrected chi connectivity index (χ2v) is 7.57. The maximum absolute atomic E-state index is 14.6. The number of ether oxygens (including phenoxy) is 1. The Bertz CT molecular complexity index is 1440. The number of rotatable bonds is 6. The van der Waals surface area contributed by atoms with Crippen LogP contribution in [0.3, 0.4) is 0 Å². The molecule has 5 aromatic rings. The third-order valence-electron chi connectivity index (χ3n) is 5.62. The van der Waals surface area contributed by atoms with Gasteiger partial charge in [-0.1, -0.05) is 12.1 Å². The number of nitrogens with zero attached hydrogens (tertiary/aromatic N) is 3. The maximum atomic E-state index is 14.6. The molecule has 2 aromatic carbocycles. The van der Waals surface area contributed by atoms with Crippen molar-refractivity contribution >= 4 is 27.6 Å². The van der Waals surface area contributed by atoms with Crippen LogP contribution in [0.4, 0.5) is 14.6 Å². The molecule has 5 rings (SSSR count). The van der Waals surface area contributed by atoms with Crippen molar-refractivity contribution in [3.8, 4) is 17.0 Å². The van der Waals surface area contributed by atoms with E-state index in [9.17, 15) is 8.78 Å². The Morgan fingerprint density at radius 1 is 1.09 bits per heavy atom. The second-order valence-electron chi connectivity index (χ2n) is 7.57. The van der Waals surface area contributed by atoms with E-state index in [2.05, 4.69) is 20.3 Å². The molecule has 162 valence electrons. The van der Waals surface area contributed by atoms with Crippen LogP contribution in [0.2, 0.25) is 0 Å². The summed E-state index contributed by atoms with van der Waals surface area (Å²) >= 11 is 0. The van der Waals surface area contributed by atoms with Crippen LogP contribution in [0.5, 0.6) is 5.75 Å². The molecule has 0 atom stereocenters. The van der Waals surface area contributed by atoms with Crippen LogP contribution in [0.25, 0.3) is 33.1 Å². The highest BCUT2D eigenvalue weighted by atomic mass is 19.2. The highest BCUT2D eigenvalue weighted by molar-refractivity contribution is 5.88. The number of aromatic nitrogens is 4. The summed E-state index contributed by atoms with van der Waals surface area (Å²) in [5.74, 6) is -0.841. The lowest BCUT2D eigenvalue weighted by Gasteiger charge is -2.12. The van der Waals surface area contributed by atoms with Crippen molar-refractivity contribution in [1.29, 1.82) is 0 Å². The zero-order valence-electron chi connectivity index (χ0n) is 17.6. The Labute approximate surface area is 182 Å². The van der Waals surface area contributed by atoms with E-state index >= 15 is 0 Å². The van der Waals surface area contributed by atoms with E-state index in [1.807, 2.05) is 43.5 Å². The van der Waals surface area contributed by atoms with Gasteiger partial charge in [0.25, 0.3) is 0 Å². The first-order valence-electron chi connectivity index (χ1n) is 10.2. The Balaban J connectivity index is 1.37. The van der Waals surface area contributed by atoms with Crippen LogP contribution in [-0.4, -0.2) is 33.2 Å². The number of methoxy groups -OCH3 is 1. The molecule has 0 saturated heterocycles. The van der Waals surface area contributed by atoms with Crippen molar-refractivity contribution in [1.82, 2.24) is 19.5 Å². The lowest BCUT2D eigenvalue weighted by atomic mass is 10.1. The predicted octanol–water partition coefficient (Wildman–Crippen LogP) is 5.29. The summed E-state index contributed by atoms with van der Waals surface area (Å²) in [7, 11) is 1.45. The van der Waals surface area contributed by atoms with Crippen LogP contribution in [0.15, 0.2) is 55.0 Å². The minimum Gasteiger partial charge on any atom is -0.496 e. The van der Waals surface area contributed by atoms with E-state index < -0.39 is 11.6 Å². The average Bonchev–Trinajstić information content (AvgIpc) is 3.40. The highest BCUT2D eigenvalue weighted by Gasteiger charge is 2.18. The second kappa shape index (κ2) is 7.96. The first-order valence-corrected chi connectivity index (χ1v) is 10.2. The summed E-state index contributed by atoms with van der Waals surface area (Å²) in [6, 6.07) is 12.9. The van der Waals surface area contributed by atoms with Gasteiger partial charge >= 0.3 is 0 Å². The quantitative estimate of drug-likeness (QED) is 0.382. The molecule has 32 heavy (non-hydrogen) atoms. The van der Waals surface area contributed by atoms with Gasteiger partial charge in [-0.2, -0.15) is 0 Å². The van der Waals surface area contributed by atoms with Crippen molar-refractivity contribution < 1.29 is 13.5 Å². The van der Waals surface area contributed by atoms with E-state index in [4.69, 9.17) is 4.74 Å². The third-order valence-corrected chi connectivity index (χ3v) is 5.62. The van der Waals surface area contributed by atoms with Gasteiger partial charge in [0.2, 0.25) is 0 Å². The number of benzene rings is 2. The SMILES string of the molecule is COc1cc(F)c(F)c2c1cc(C)n2CCNc1cc(-c2ccc3cc[nH]c3c2)ncn1. The normalized spacial score (nSPS) is 11.4. The molecule has 0 aliphatic carbocycles. The summed E-state index contributed by atoms with van der Waals surface area (Å²) < 4.78 is 35.6. The Hall–Kier alpha value is -3.94. The summed E-state index contributed by atoms with van der Waals surface area (Å²) in [5, 5.41) is 4.94. The van der Waals surface area contributed by atoms with E-state index in [1.54, 1.807) is 10.6 Å². The molecule has 0 unspecified atom stereocenters. The smallest absolute Gasteiger partial charge is 0.183 e. The predicted molar refractivity (Wildman–Crippen MR) is 121 cm³/mol. The molecule has 0 aliphatic heterocycles. The van der Waals surface area contributed by atoms with Crippen molar-refractivity contribution in [2.75, 3.05) is 19.0 Å². The van der Waals surface area contributed by atoms with Gasteiger partial charge in [0, 0.05) is 53.6 Å². The van der Waals surface area contributed by atoms with Gasteiger partial charge in [-0.25, -0.2) is 18.7 Å². The number of hydrogen-bond donors (Lipinski definition) is 2. The fourth-order valence-corrected chi connectivity index (χ4v) is 4.04. The van der Waals surface area contributed by atoms with Gasteiger partial charge < -0.3 is 19.6 Å². The molecule has 3 heterocycles. The molecular weight excluding hydrogens is 412 g/mol. The summed E-state index contributed by atoms with van der Waals surface area (Å²) in [4.78, 5) is 11.9. The molecule has 0 spiro atoms. The van der Waals surface area contributed by atoms with Crippen LogP contribution in [0, 0.1) is 18.6 Å². The van der Waals surface area contributed by atoms with E-state index in [0.717, 1.165) is 33.9 Å². The zero-order valence-corrected chi connectivity index (χ0v) is 17.6. The number of aryl methyl sites for hydroxylation is 1. The van der Waals surface area contributed by atoms with Gasteiger partial charge in [0.1, 0.15) is 17.9 Å². The fraction of sp³-hybridized carbons (Fsp3) is 0.167. The van der Waals surface area contributed by atoms with Crippen LogP contribution in [0.1, 0.15) is 5.69 Å². The third kappa shape index (κ3) is 3.43. The molecule has 6 nitrogen and oxygen atoms in total. The number of H-pyrrole nitrogens is 1. The van der Waals surface area contributed by atoms with Crippen molar-refractivity contribution in [3.63, 3.8) is 0 Å². The van der Waals surface area contributed by atoms with Crippen LogP contribution >= 0.6 is 0 Å². The molecule has 0 saturated carbocycles. The first kappa shape index (κ1) is 20.0.